The van der Waals surface area contributed by atoms with E-state index in [0.29, 0.717) is 45.8 Å². The van der Waals surface area contributed by atoms with Gasteiger partial charge in [0.2, 0.25) is 5.95 Å². The van der Waals surface area contributed by atoms with Crippen LogP contribution in [0, 0.1) is 5.92 Å². The van der Waals surface area contributed by atoms with Crippen molar-refractivity contribution in [2.45, 2.75) is 64.0 Å². The van der Waals surface area contributed by atoms with Crippen LogP contribution in [0.15, 0.2) is 6.07 Å². The van der Waals surface area contributed by atoms with Crippen LogP contribution in [0.2, 0.25) is 0 Å². The first-order valence-corrected chi connectivity index (χ1v) is 15.5. The molecule has 1 N–H and O–H groups in total. The van der Waals surface area contributed by atoms with Gasteiger partial charge in [0.25, 0.3) is 5.91 Å². The molecule has 0 spiro atoms. The molecule has 5 aliphatic heterocycles. The lowest BCUT2D eigenvalue weighted by Gasteiger charge is -2.37. The Morgan fingerprint density at radius 1 is 0.902 bits per heavy atom. The van der Waals surface area contributed by atoms with E-state index in [-0.39, 0.29) is 30.2 Å². The number of hydrogen-bond acceptors (Lipinski definition) is 9. The van der Waals surface area contributed by atoms with E-state index in [9.17, 15) is 14.4 Å². The predicted octanol–water partition coefficient (Wildman–Crippen LogP) is 1.49. The number of urea groups is 1. The van der Waals surface area contributed by atoms with Gasteiger partial charge in [0.15, 0.2) is 11.9 Å². The molecule has 5 aliphatic rings. The third-order valence-corrected chi connectivity index (χ3v) is 9.20. The molecule has 0 aliphatic carbocycles. The number of fused-ring (bicyclic) bond motifs is 1. The van der Waals surface area contributed by atoms with Crippen molar-refractivity contribution < 1.29 is 19.1 Å². The van der Waals surface area contributed by atoms with Crippen LogP contribution in [-0.4, -0.2) is 121 Å². The highest BCUT2D eigenvalue weighted by Crippen LogP contribution is 2.38. The topological polar surface area (TPSA) is 114 Å². The second kappa shape index (κ2) is 11.6. The molecule has 1 unspecified atom stereocenters. The van der Waals surface area contributed by atoms with E-state index in [0.717, 1.165) is 50.2 Å². The molecule has 0 radical (unpaired) electrons. The first-order chi connectivity index (χ1) is 19.9. The van der Waals surface area contributed by atoms with E-state index in [4.69, 9.17) is 14.7 Å². The molecule has 0 aromatic carbocycles. The largest absolute Gasteiger partial charge is 0.360 e. The van der Waals surface area contributed by atoms with Crippen molar-refractivity contribution in [3.63, 3.8) is 0 Å². The van der Waals surface area contributed by atoms with Crippen LogP contribution in [0.3, 0.4) is 0 Å². The lowest BCUT2D eigenvalue weighted by atomic mass is 9.91. The maximum Gasteiger partial charge on any atom is 0.317 e. The van der Waals surface area contributed by atoms with Gasteiger partial charge in [0.05, 0.1) is 6.61 Å². The van der Waals surface area contributed by atoms with Crippen molar-refractivity contribution in [1.82, 2.24) is 25.1 Å². The first kappa shape index (κ1) is 28.0. The van der Waals surface area contributed by atoms with Crippen molar-refractivity contribution in [3.05, 3.63) is 6.07 Å². The number of nitrogens with one attached hydrogen (secondary N) is 1. The van der Waals surface area contributed by atoms with Gasteiger partial charge in [0.1, 0.15) is 17.2 Å². The van der Waals surface area contributed by atoms with Crippen molar-refractivity contribution in [3.8, 4) is 0 Å². The van der Waals surface area contributed by atoms with Gasteiger partial charge in [-0.1, -0.05) is 13.8 Å². The van der Waals surface area contributed by atoms with Gasteiger partial charge < -0.3 is 34.6 Å². The van der Waals surface area contributed by atoms with Crippen LogP contribution < -0.4 is 20.0 Å². The fourth-order valence-electron chi connectivity index (χ4n) is 6.87. The zero-order valence-electron chi connectivity index (χ0n) is 24.5. The third kappa shape index (κ3) is 5.42. The van der Waals surface area contributed by atoms with Crippen molar-refractivity contribution in [1.29, 1.82) is 0 Å². The number of ketones is 1. The summed E-state index contributed by atoms with van der Waals surface area (Å²) in [6.45, 7) is 11.5. The number of rotatable bonds is 8. The molecule has 5 saturated heterocycles. The van der Waals surface area contributed by atoms with Crippen LogP contribution in [0.1, 0.15) is 52.4 Å². The van der Waals surface area contributed by atoms with Gasteiger partial charge in [-0.2, -0.15) is 9.97 Å². The summed E-state index contributed by atoms with van der Waals surface area (Å²) >= 11 is 0. The summed E-state index contributed by atoms with van der Waals surface area (Å²) in [5.41, 5.74) is -0.991. The molecular formula is C29H44N8O4. The zero-order valence-corrected chi connectivity index (χ0v) is 24.5. The molecule has 224 valence electrons. The van der Waals surface area contributed by atoms with Crippen molar-refractivity contribution in [2.75, 3.05) is 86.8 Å². The lowest BCUT2D eigenvalue weighted by Crippen LogP contribution is -2.57. The number of carbonyl (C=O) groups excluding carboxylic acids is 3. The smallest absolute Gasteiger partial charge is 0.317 e. The Balaban J connectivity index is 1.08. The summed E-state index contributed by atoms with van der Waals surface area (Å²) in [6, 6.07) is 1.91. The van der Waals surface area contributed by atoms with Crippen LogP contribution >= 0.6 is 0 Å². The molecule has 1 aromatic rings. The zero-order chi connectivity index (χ0) is 28.6. The summed E-state index contributed by atoms with van der Waals surface area (Å²) in [6.07, 6.45) is 4.98. The Hall–Kier alpha value is -3.15. The Kier molecular flexibility index (Phi) is 7.93. The van der Waals surface area contributed by atoms with Gasteiger partial charge in [-0.15, -0.1) is 0 Å². The quantitative estimate of drug-likeness (QED) is 0.466. The predicted molar refractivity (Wildman–Crippen MR) is 155 cm³/mol. The number of aromatic nitrogens is 2. The Labute approximate surface area is 242 Å². The number of nitrogens with zero attached hydrogens (tertiary/aromatic N) is 7. The minimum atomic E-state index is -1.05. The van der Waals surface area contributed by atoms with Crippen LogP contribution in [0.25, 0.3) is 0 Å². The Morgan fingerprint density at radius 2 is 1.51 bits per heavy atom. The number of piperazine rings is 1. The Morgan fingerprint density at radius 3 is 2.15 bits per heavy atom. The van der Waals surface area contributed by atoms with Gasteiger partial charge in [-0.05, 0) is 44.4 Å². The van der Waals surface area contributed by atoms with E-state index < -0.39 is 11.6 Å². The third-order valence-electron chi connectivity index (χ3n) is 9.20. The number of ether oxygens (including phenoxy) is 1. The maximum atomic E-state index is 13.4. The standard InChI is InChI=1S/C29H44N8O4/c1-21(2)19-41-24-25(38)29(8-7-13-37(29)26(24)39)20-30-28(40)36-16-14-34(15-17-36)23-18-22(33-9-3-4-10-33)31-27(32-23)35-11-5-6-12-35/h18,21,24H,3-17,19-20H2,1-2H3,(H,30,40)/t24-,29?/m0/s1. The molecular weight excluding hydrogens is 524 g/mol. The minimum absolute atomic E-state index is 0.127. The van der Waals surface area contributed by atoms with Gasteiger partial charge >= 0.3 is 6.03 Å². The molecule has 6 rings (SSSR count). The monoisotopic (exact) mass is 568 g/mol. The van der Waals surface area contributed by atoms with Crippen molar-refractivity contribution >= 4 is 35.3 Å². The number of hydrogen-bond donors (Lipinski definition) is 1. The lowest BCUT2D eigenvalue weighted by molar-refractivity contribution is -0.141. The number of carbonyl (C=O) groups is 3. The molecule has 0 bridgehead atoms. The summed E-state index contributed by atoms with van der Waals surface area (Å²) < 4.78 is 5.72. The average molecular weight is 569 g/mol. The highest BCUT2D eigenvalue weighted by Gasteiger charge is 2.61. The van der Waals surface area contributed by atoms with E-state index in [1.54, 1.807) is 9.80 Å². The second-order valence-corrected chi connectivity index (χ2v) is 12.5. The van der Waals surface area contributed by atoms with Gasteiger partial charge in [-0.25, -0.2) is 4.79 Å². The molecule has 41 heavy (non-hydrogen) atoms. The van der Waals surface area contributed by atoms with Crippen LogP contribution in [0.4, 0.5) is 22.4 Å². The highest BCUT2D eigenvalue weighted by molar-refractivity contribution is 6.16. The van der Waals surface area contributed by atoms with E-state index in [1.165, 1.54) is 25.7 Å². The number of anilines is 3. The second-order valence-electron chi connectivity index (χ2n) is 12.5. The Bertz CT molecular complexity index is 1110. The average Bonchev–Trinajstić information content (AvgIpc) is 3.79. The van der Waals surface area contributed by atoms with Crippen molar-refractivity contribution in [2.24, 2.45) is 5.92 Å². The highest BCUT2D eigenvalue weighted by atomic mass is 16.5. The summed E-state index contributed by atoms with van der Waals surface area (Å²) in [4.78, 5) is 59.8. The number of amides is 3. The van der Waals surface area contributed by atoms with Crippen LogP contribution in [-0.2, 0) is 14.3 Å². The normalized spacial score (nSPS) is 26.6. The molecule has 6 heterocycles. The maximum absolute atomic E-state index is 13.4. The van der Waals surface area contributed by atoms with E-state index in [2.05, 4.69) is 26.1 Å². The van der Waals surface area contributed by atoms with Gasteiger partial charge in [0, 0.05) is 71.5 Å². The summed E-state index contributed by atoms with van der Waals surface area (Å²) in [7, 11) is 0. The summed E-state index contributed by atoms with van der Waals surface area (Å²) in [5, 5.41) is 3.00. The van der Waals surface area contributed by atoms with Gasteiger partial charge in [-0.3, -0.25) is 9.59 Å². The molecule has 1 aromatic heterocycles. The fourth-order valence-corrected chi connectivity index (χ4v) is 6.87. The first-order valence-electron chi connectivity index (χ1n) is 15.5. The van der Waals surface area contributed by atoms with E-state index >= 15 is 0 Å². The molecule has 0 saturated carbocycles. The van der Waals surface area contributed by atoms with Crippen LogP contribution in [0.5, 0.6) is 0 Å². The molecule has 2 atom stereocenters. The molecule has 5 fully saturated rings. The minimum Gasteiger partial charge on any atom is -0.360 e. The fraction of sp³-hybridized carbons (Fsp3) is 0.759. The molecule has 12 heteroatoms. The molecule has 3 amide bonds. The summed E-state index contributed by atoms with van der Waals surface area (Å²) in [5.74, 6) is 2.49. The van der Waals surface area contributed by atoms with E-state index in [1.807, 2.05) is 13.8 Å². The number of Topliss-reactive ketones (excluding diaryl/α,β-unsaturated/α-hetero) is 1. The molecule has 12 nitrogen and oxygen atoms in total. The SMILES string of the molecule is CC(C)CO[C@@H]1C(=O)N2CCCC2(CNC(=O)N2CCN(c3cc(N4CCCC4)nc(N4CCCC4)n3)CC2)C1=O.